The number of hydrogen-bond donors (Lipinski definition) is 2. The molecule has 1 unspecified atom stereocenters. The van der Waals surface area contributed by atoms with Gasteiger partial charge >= 0.3 is 0 Å². The summed E-state index contributed by atoms with van der Waals surface area (Å²) in [4.78, 5) is 10.5. The van der Waals surface area contributed by atoms with Crippen LogP contribution in [-0.4, -0.2) is 68.6 Å². The predicted molar refractivity (Wildman–Crippen MR) is 127 cm³/mol. The minimum Gasteiger partial charge on any atom is -0.356 e. The van der Waals surface area contributed by atoms with Crippen molar-refractivity contribution in [2.75, 3.05) is 40.8 Å². The highest BCUT2D eigenvalue weighted by atomic mass is 127. The summed E-state index contributed by atoms with van der Waals surface area (Å²) >= 11 is 1.80. The SMILES string of the molecule is CN=C(NCCCN(C(C)C)C(C)C)NCC(c1cccs1)N(C)C.I. The van der Waals surface area contributed by atoms with E-state index in [-0.39, 0.29) is 24.0 Å². The number of nitrogens with zero attached hydrogens (tertiary/aromatic N) is 3. The van der Waals surface area contributed by atoms with Crippen molar-refractivity contribution >= 4 is 41.3 Å². The van der Waals surface area contributed by atoms with Crippen LogP contribution in [0.5, 0.6) is 0 Å². The van der Waals surface area contributed by atoms with Crippen LogP contribution in [0, 0.1) is 0 Å². The number of halogens is 1. The van der Waals surface area contributed by atoms with Gasteiger partial charge in [-0.25, -0.2) is 0 Å². The molecule has 0 saturated carbocycles. The number of likely N-dealkylation sites (N-methyl/N-ethyl adjacent to an activating group) is 1. The van der Waals surface area contributed by atoms with Crippen LogP contribution in [0.1, 0.15) is 45.0 Å². The molecule has 1 atom stereocenters. The van der Waals surface area contributed by atoms with Crippen molar-refractivity contribution in [3.63, 3.8) is 0 Å². The summed E-state index contributed by atoms with van der Waals surface area (Å²) in [5, 5.41) is 9.04. The summed E-state index contributed by atoms with van der Waals surface area (Å²) in [5.74, 6) is 0.879. The van der Waals surface area contributed by atoms with Gasteiger partial charge < -0.3 is 15.5 Å². The van der Waals surface area contributed by atoms with E-state index in [4.69, 9.17) is 0 Å². The fourth-order valence-corrected chi connectivity index (χ4v) is 3.94. The zero-order valence-corrected chi connectivity index (χ0v) is 20.6. The van der Waals surface area contributed by atoms with Crippen LogP contribution < -0.4 is 10.6 Å². The van der Waals surface area contributed by atoms with E-state index < -0.39 is 0 Å². The number of thiophene rings is 1. The fraction of sp³-hybridized carbons (Fsp3) is 0.737. The monoisotopic (exact) mass is 495 g/mol. The maximum absolute atomic E-state index is 4.35. The van der Waals surface area contributed by atoms with E-state index >= 15 is 0 Å². The van der Waals surface area contributed by atoms with Gasteiger partial charge in [0.2, 0.25) is 0 Å². The fourth-order valence-electron chi connectivity index (χ4n) is 3.01. The summed E-state index contributed by atoms with van der Waals surface area (Å²) in [7, 11) is 6.07. The number of hydrogen-bond acceptors (Lipinski definition) is 4. The van der Waals surface area contributed by atoms with Crippen LogP contribution in [0.4, 0.5) is 0 Å². The molecule has 0 saturated heterocycles. The van der Waals surface area contributed by atoms with E-state index in [1.54, 1.807) is 11.3 Å². The maximum atomic E-state index is 4.35. The zero-order valence-electron chi connectivity index (χ0n) is 17.5. The Bertz CT molecular complexity index is 480. The molecule has 0 bridgehead atoms. The minimum absolute atomic E-state index is 0. The Balaban J connectivity index is 0.00000625. The topological polar surface area (TPSA) is 42.9 Å². The molecule has 7 heteroatoms. The summed E-state index contributed by atoms with van der Waals surface area (Å²) < 4.78 is 0. The third-order valence-corrected chi connectivity index (χ3v) is 5.37. The molecule has 0 amide bonds. The molecule has 0 aliphatic rings. The van der Waals surface area contributed by atoms with E-state index in [1.807, 2.05) is 7.05 Å². The number of nitrogens with one attached hydrogen (secondary N) is 2. The second-order valence-corrected chi connectivity index (χ2v) is 8.13. The smallest absolute Gasteiger partial charge is 0.191 e. The first-order valence-electron chi connectivity index (χ1n) is 9.26. The highest BCUT2D eigenvalue weighted by Gasteiger charge is 2.16. The Hall–Kier alpha value is -0.380. The van der Waals surface area contributed by atoms with Gasteiger partial charge in [0.15, 0.2) is 5.96 Å². The Morgan fingerprint density at radius 3 is 2.27 bits per heavy atom. The van der Waals surface area contributed by atoms with Crippen LogP contribution in [-0.2, 0) is 0 Å². The minimum atomic E-state index is 0. The van der Waals surface area contributed by atoms with Gasteiger partial charge in [0.1, 0.15) is 0 Å². The second-order valence-electron chi connectivity index (χ2n) is 7.15. The molecule has 26 heavy (non-hydrogen) atoms. The van der Waals surface area contributed by atoms with E-state index in [2.05, 4.69) is 84.7 Å². The zero-order chi connectivity index (χ0) is 18.8. The van der Waals surface area contributed by atoms with Crippen molar-refractivity contribution in [1.82, 2.24) is 20.4 Å². The Morgan fingerprint density at radius 1 is 1.15 bits per heavy atom. The molecule has 1 aromatic heterocycles. The molecular weight excluding hydrogens is 457 g/mol. The average Bonchev–Trinajstić information content (AvgIpc) is 3.05. The van der Waals surface area contributed by atoms with Crippen molar-refractivity contribution in [1.29, 1.82) is 0 Å². The van der Waals surface area contributed by atoms with Gasteiger partial charge in [-0.05, 0) is 59.7 Å². The summed E-state index contributed by atoms with van der Waals surface area (Å²) in [5.41, 5.74) is 0. The normalized spacial score (nSPS) is 13.4. The molecule has 0 spiro atoms. The molecular formula is C19H38IN5S. The van der Waals surface area contributed by atoms with Crippen LogP contribution in [0.3, 0.4) is 0 Å². The summed E-state index contributed by atoms with van der Waals surface area (Å²) in [6, 6.07) is 5.84. The largest absolute Gasteiger partial charge is 0.356 e. The van der Waals surface area contributed by atoms with Crippen molar-refractivity contribution in [2.45, 2.75) is 52.2 Å². The molecule has 2 N–H and O–H groups in total. The first-order chi connectivity index (χ1) is 11.9. The molecule has 152 valence electrons. The Labute approximate surface area is 181 Å². The third kappa shape index (κ3) is 9.01. The predicted octanol–water partition coefficient (Wildman–Crippen LogP) is 3.64. The molecule has 0 aliphatic carbocycles. The lowest BCUT2D eigenvalue weighted by atomic mass is 10.2. The molecule has 0 aliphatic heterocycles. The van der Waals surface area contributed by atoms with Gasteiger partial charge in [0, 0.05) is 43.6 Å². The summed E-state index contributed by atoms with van der Waals surface area (Å²) in [6.45, 7) is 11.9. The van der Waals surface area contributed by atoms with Crippen LogP contribution in [0.15, 0.2) is 22.5 Å². The lowest BCUT2D eigenvalue weighted by Crippen LogP contribution is -2.43. The molecule has 5 nitrogen and oxygen atoms in total. The van der Waals surface area contributed by atoms with E-state index in [9.17, 15) is 0 Å². The standard InChI is InChI=1S/C19H37N5S.HI/c1-15(2)24(16(3)4)12-9-11-21-19(20-5)22-14-17(23(6)7)18-10-8-13-25-18;/h8,10,13,15-17H,9,11-12,14H2,1-7H3,(H2,20,21,22);1H. The van der Waals surface area contributed by atoms with E-state index in [0.717, 1.165) is 32.0 Å². The highest BCUT2D eigenvalue weighted by Crippen LogP contribution is 2.22. The van der Waals surface area contributed by atoms with Gasteiger partial charge in [-0.15, -0.1) is 35.3 Å². The first kappa shape index (κ1) is 25.6. The number of aliphatic imine (C=N–C) groups is 1. The number of rotatable bonds is 10. The first-order valence-corrected chi connectivity index (χ1v) is 10.1. The van der Waals surface area contributed by atoms with Gasteiger partial charge in [-0.3, -0.25) is 9.89 Å². The van der Waals surface area contributed by atoms with Gasteiger partial charge in [-0.1, -0.05) is 6.07 Å². The quantitative estimate of drug-likeness (QED) is 0.225. The van der Waals surface area contributed by atoms with Crippen LogP contribution >= 0.6 is 35.3 Å². The van der Waals surface area contributed by atoms with Crippen LogP contribution in [0.25, 0.3) is 0 Å². The highest BCUT2D eigenvalue weighted by molar-refractivity contribution is 14.0. The van der Waals surface area contributed by atoms with Crippen molar-refractivity contribution in [2.24, 2.45) is 4.99 Å². The molecule has 1 heterocycles. The maximum Gasteiger partial charge on any atom is 0.191 e. The van der Waals surface area contributed by atoms with Gasteiger partial charge in [-0.2, -0.15) is 0 Å². The number of guanidine groups is 1. The third-order valence-electron chi connectivity index (χ3n) is 4.39. The molecule has 0 radical (unpaired) electrons. The Kier molecular flexibility index (Phi) is 13.5. The van der Waals surface area contributed by atoms with E-state index in [1.165, 1.54) is 4.88 Å². The van der Waals surface area contributed by atoms with Crippen molar-refractivity contribution < 1.29 is 0 Å². The van der Waals surface area contributed by atoms with Crippen LogP contribution in [0.2, 0.25) is 0 Å². The summed E-state index contributed by atoms with van der Waals surface area (Å²) in [6.07, 6.45) is 1.11. The van der Waals surface area contributed by atoms with Gasteiger partial charge in [0.05, 0.1) is 6.04 Å². The second kappa shape index (κ2) is 13.7. The molecule has 0 aromatic carbocycles. The molecule has 1 rings (SSSR count). The average molecular weight is 496 g/mol. The van der Waals surface area contributed by atoms with Gasteiger partial charge in [0.25, 0.3) is 0 Å². The van der Waals surface area contributed by atoms with Crippen molar-refractivity contribution in [3.8, 4) is 0 Å². The molecule has 0 fully saturated rings. The Morgan fingerprint density at radius 2 is 1.81 bits per heavy atom. The lowest BCUT2D eigenvalue weighted by Gasteiger charge is -2.30. The van der Waals surface area contributed by atoms with Crippen molar-refractivity contribution in [3.05, 3.63) is 22.4 Å². The van der Waals surface area contributed by atoms with E-state index in [0.29, 0.717) is 18.1 Å². The molecule has 1 aromatic rings. The lowest BCUT2D eigenvalue weighted by molar-refractivity contribution is 0.173.